The van der Waals surface area contributed by atoms with Crippen molar-refractivity contribution in [1.29, 1.82) is 0 Å². The van der Waals surface area contributed by atoms with Gasteiger partial charge < -0.3 is 0 Å². The molecule has 0 atom stereocenters. The maximum atomic E-state index is 5.65. The molecule has 0 aliphatic rings. The Morgan fingerprint density at radius 1 is 0.421 bits per heavy atom. The van der Waals surface area contributed by atoms with E-state index in [1.807, 2.05) is 45.3 Å². The molecule has 0 fully saturated rings. The second-order valence-corrected chi connectivity index (χ2v) is 20.3. The molecule has 0 radical (unpaired) electrons. The number of hydrogen-bond donors (Lipinski definition) is 0. The molecule has 9 heteroatoms. The molecule has 0 N–H and O–H groups in total. The molecule has 8 rings (SSSR count). The standard InChI is InChI=1S/C48H58N4S5/c1-3-5-7-9-11-13-15-17-19-21-23-33-29-37(55-31-33)39-43-44(50-42-36-26-28-54-48(36)47-35(25-27-53-47)41(42)49-43)40(46-45(39)51-57-52-46)38-30-34(32-56-38)24-22-20-18-16-14-12-10-8-6-4-2/h25-32H,3-24H2,1-2H3. The summed E-state index contributed by atoms with van der Waals surface area (Å²) in [4.78, 5) is 13.7. The zero-order valence-electron chi connectivity index (χ0n) is 34.0. The van der Waals surface area contributed by atoms with Crippen LogP contribution in [0.25, 0.3) is 74.2 Å². The van der Waals surface area contributed by atoms with Crippen molar-refractivity contribution < 1.29 is 0 Å². The number of benzene rings is 2. The summed E-state index contributed by atoms with van der Waals surface area (Å²) in [5.74, 6) is 0. The summed E-state index contributed by atoms with van der Waals surface area (Å²) in [7, 11) is 0. The second kappa shape index (κ2) is 20.4. The average Bonchev–Trinajstić information content (AvgIpc) is 4.08. The van der Waals surface area contributed by atoms with Crippen molar-refractivity contribution >= 4 is 110 Å². The van der Waals surface area contributed by atoms with Crippen molar-refractivity contribution in [3.63, 3.8) is 0 Å². The van der Waals surface area contributed by atoms with Crippen LogP contribution in [0.2, 0.25) is 0 Å². The fourth-order valence-corrected chi connectivity index (χ4v) is 13.2. The van der Waals surface area contributed by atoms with Crippen molar-refractivity contribution in [2.24, 2.45) is 0 Å². The fraction of sp³-hybridized carbons (Fsp3) is 0.500. The van der Waals surface area contributed by atoms with Gasteiger partial charge in [-0.05, 0) is 82.6 Å². The Kier molecular flexibility index (Phi) is 14.7. The molecule has 0 saturated heterocycles. The maximum absolute atomic E-state index is 5.65. The minimum Gasteiger partial charge on any atom is -0.243 e. The van der Waals surface area contributed by atoms with Gasteiger partial charge in [-0.15, -0.1) is 45.3 Å². The number of thiophene rings is 4. The van der Waals surface area contributed by atoms with Crippen molar-refractivity contribution in [2.45, 2.75) is 155 Å². The summed E-state index contributed by atoms with van der Waals surface area (Å²) in [5, 5.41) is 11.5. The first-order chi connectivity index (χ1) is 28.2. The summed E-state index contributed by atoms with van der Waals surface area (Å²) in [6, 6.07) is 9.30. The lowest BCUT2D eigenvalue weighted by Gasteiger charge is -2.12. The van der Waals surface area contributed by atoms with E-state index in [2.05, 4.69) is 59.6 Å². The molecule has 0 saturated carbocycles. The van der Waals surface area contributed by atoms with Crippen molar-refractivity contribution in [1.82, 2.24) is 18.7 Å². The largest absolute Gasteiger partial charge is 0.243 e. The lowest BCUT2D eigenvalue weighted by Crippen LogP contribution is -1.95. The number of unbranched alkanes of at least 4 members (excludes halogenated alkanes) is 18. The third-order valence-corrected chi connectivity index (χ3v) is 16.3. The molecule has 300 valence electrons. The van der Waals surface area contributed by atoms with Gasteiger partial charge in [0.2, 0.25) is 0 Å². The molecular weight excluding hydrogens is 793 g/mol. The van der Waals surface area contributed by atoms with Crippen molar-refractivity contribution in [2.75, 3.05) is 0 Å². The van der Waals surface area contributed by atoms with Crippen LogP contribution in [0.5, 0.6) is 0 Å². The molecule has 0 unspecified atom stereocenters. The van der Waals surface area contributed by atoms with Gasteiger partial charge >= 0.3 is 0 Å². The maximum Gasteiger partial charge on any atom is 0.116 e. The van der Waals surface area contributed by atoms with Gasteiger partial charge in [0, 0.05) is 31.7 Å². The first kappa shape index (κ1) is 40.9. The van der Waals surface area contributed by atoms with Crippen LogP contribution in [-0.4, -0.2) is 18.7 Å². The quantitative estimate of drug-likeness (QED) is 0.0449. The van der Waals surface area contributed by atoms with Gasteiger partial charge in [-0.25, -0.2) is 9.97 Å². The summed E-state index contributed by atoms with van der Waals surface area (Å²) in [5.41, 5.74) is 10.9. The van der Waals surface area contributed by atoms with Crippen LogP contribution in [0, 0.1) is 0 Å². The summed E-state index contributed by atoms with van der Waals surface area (Å²) >= 11 is 8.61. The number of aryl methyl sites for hydroxylation is 2. The Hall–Kier alpha value is -2.82. The van der Waals surface area contributed by atoms with Crippen LogP contribution in [-0.2, 0) is 12.8 Å². The molecule has 2 aromatic carbocycles. The minimum atomic E-state index is 0.955. The summed E-state index contributed by atoms with van der Waals surface area (Å²) in [6.07, 6.45) is 29.5. The smallest absolute Gasteiger partial charge is 0.116 e. The zero-order chi connectivity index (χ0) is 38.8. The van der Waals surface area contributed by atoms with E-state index in [9.17, 15) is 0 Å². The first-order valence-corrected chi connectivity index (χ1v) is 26.3. The van der Waals surface area contributed by atoms with Crippen molar-refractivity contribution in [3.8, 4) is 20.9 Å². The van der Waals surface area contributed by atoms with Crippen LogP contribution in [0.3, 0.4) is 0 Å². The molecule has 6 aromatic heterocycles. The summed E-state index contributed by atoms with van der Waals surface area (Å²) < 4.78 is 12.7. The SMILES string of the molecule is CCCCCCCCCCCCc1csc(-c2c3nsnc3c(-c3cc(CCCCCCCCCCCC)cs3)c3nc4c5ccsc5c5sccc5c4nc23)c1. The molecule has 6 heterocycles. The zero-order valence-corrected chi connectivity index (χ0v) is 38.1. The summed E-state index contributed by atoms with van der Waals surface area (Å²) in [6.45, 7) is 4.59. The van der Waals surface area contributed by atoms with E-state index in [-0.39, 0.29) is 0 Å². The molecule has 0 amide bonds. The third kappa shape index (κ3) is 9.49. The van der Waals surface area contributed by atoms with E-state index in [0.29, 0.717) is 0 Å². The number of rotatable bonds is 24. The Balaban J connectivity index is 1.07. The van der Waals surface area contributed by atoms with Gasteiger partial charge in [-0.3, -0.25) is 0 Å². The highest BCUT2D eigenvalue weighted by Gasteiger charge is 2.26. The minimum absolute atomic E-state index is 0.955. The predicted octanol–water partition coefficient (Wildman–Crippen LogP) is 17.6. The van der Waals surface area contributed by atoms with E-state index in [4.69, 9.17) is 18.7 Å². The second-order valence-electron chi connectivity index (χ2n) is 16.2. The van der Waals surface area contributed by atoms with Crippen LogP contribution in [0.15, 0.2) is 45.8 Å². The lowest BCUT2D eigenvalue weighted by molar-refractivity contribution is 0.556. The Morgan fingerprint density at radius 2 is 0.807 bits per heavy atom. The van der Waals surface area contributed by atoms with Crippen LogP contribution >= 0.6 is 57.1 Å². The van der Waals surface area contributed by atoms with Crippen LogP contribution in [0.4, 0.5) is 0 Å². The molecule has 57 heavy (non-hydrogen) atoms. The Labute approximate surface area is 359 Å². The number of nitrogens with zero attached hydrogens (tertiary/aromatic N) is 4. The Morgan fingerprint density at radius 3 is 1.21 bits per heavy atom. The van der Waals surface area contributed by atoms with E-state index in [1.54, 1.807) is 0 Å². The van der Waals surface area contributed by atoms with Gasteiger partial charge in [-0.2, -0.15) is 8.75 Å². The predicted molar refractivity (Wildman–Crippen MR) is 257 cm³/mol. The van der Waals surface area contributed by atoms with E-state index in [0.717, 1.165) is 57.1 Å². The van der Waals surface area contributed by atoms with Crippen LogP contribution in [0.1, 0.15) is 153 Å². The van der Waals surface area contributed by atoms with Gasteiger partial charge in [0.25, 0.3) is 0 Å². The molecule has 0 aliphatic heterocycles. The molecule has 4 nitrogen and oxygen atoms in total. The lowest BCUT2D eigenvalue weighted by atomic mass is 9.99. The number of fused-ring (bicyclic) bond motifs is 8. The van der Waals surface area contributed by atoms with E-state index in [1.165, 1.54) is 181 Å². The van der Waals surface area contributed by atoms with Crippen molar-refractivity contribution in [3.05, 3.63) is 56.9 Å². The molecular formula is C48H58N4S5. The Bertz CT molecular complexity index is 2330. The van der Waals surface area contributed by atoms with E-state index >= 15 is 0 Å². The number of hydrogen-bond acceptors (Lipinski definition) is 9. The highest BCUT2D eigenvalue weighted by molar-refractivity contribution is 7.26. The van der Waals surface area contributed by atoms with Gasteiger partial charge in [0.1, 0.15) is 22.1 Å². The van der Waals surface area contributed by atoms with Gasteiger partial charge in [0.05, 0.1) is 32.2 Å². The molecule has 0 aliphatic carbocycles. The normalized spacial score (nSPS) is 12.2. The average molecular weight is 851 g/mol. The first-order valence-electron chi connectivity index (χ1n) is 22.1. The fourth-order valence-electron chi connectivity index (χ4n) is 8.62. The molecule has 0 spiro atoms. The van der Waals surface area contributed by atoms with Crippen LogP contribution < -0.4 is 0 Å². The molecule has 8 aromatic rings. The highest BCUT2D eigenvalue weighted by atomic mass is 32.1. The molecule has 0 bridgehead atoms. The van der Waals surface area contributed by atoms with Gasteiger partial charge in [-0.1, -0.05) is 129 Å². The highest BCUT2D eigenvalue weighted by Crippen LogP contribution is 2.47. The third-order valence-electron chi connectivity index (χ3n) is 11.8. The van der Waals surface area contributed by atoms with E-state index < -0.39 is 0 Å². The van der Waals surface area contributed by atoms with Gasteiger partial charge in [0.15, 0.2) is 0 Å². The number of aromatic nitrogens is 4. The monoisotopic (exact) mass is 850 g/mol. The topological polar surface area (TPSA) is 51.6 Å².